The number of carbonyl (C=O) groups is 1. The van der Waals surface area contributed by atoms with Gasteiger partial charge in [-0.1, -0.05) is 0 Å². The van der Waals surface area contributed by atoms with E-state index in [4.69, 9.17) is 14.5 Å². The molecule has 4 aromatic rings. The third-order valence-corrected chi connectivity index (χ3v) is 5.44. The highest BCUT2D eigenvalue weighted by atomic mass is 32.1. The molecule has 3 aromatic heterocycles. The van der Waals surface area contributed by atoms with E-state index in [9.17, 15) is 4.79 Å². The van der Waals surface area contributed by atoms with Gasteiger partial charge in [0.1, 0.15) is 11.5 Å². The van der Waals surface area contributed by atoms with Crippen molar-refractivity contribution in [3.05, 3.63) is 65.6 Å². The maximum Gasteiger partial charge on any atom is 0.226 e. The van der Waals surface area contributed by atoms with Crippen LogP contribution in [0.25, 0.3) is 16.2 Å². The molecule has 0 bridgehead atoms. The number of nitrogens with one attached hydrogen (secondary N) is 1. The van der Waals surface area contributed by atoms with Gasteiger partial charge in [0, 0.05) is 41.8 Å². The maximum atomic E-state index is 12.4. The van der Waals surface area contributed by atoms with E-state index in [1.54, 1.807) is 26.6 Å². The Morgan fingerprint density at radius 2 is 2.00 bits per heavy atom. The van der Waals surface area contributed by atoms with Gasteiger partial charge in [-0.15, -0.1) is 11.3 Å². The molecule has 8 heteroatoms. The molecule has 1 N–H and O–H groups in total. The van der Waals surface area contributed by atoms with Gasteiger partial charge in [0.2, 0.25) is 5.91 Å². The number of hydrogen-bond acceptors (Lipinski definition) is 6. The molecule has 0 aliphatic rings. The first-order valence-corrected chi connectivity index (χ1v) is 9.89. The number of ether oxygens (including phenoxy) is 2. The van der Waals surface area contributed by atoms with Crippen LogP contribution in [0.4, 0.5) is 0 Å². The van der Waals surface area contributed by atoms with E-state index in [2.05, 4.69) is 10.3 Å². The Balaban J connectivity index is 1.54. The van der Waals surface area contributed by atoms with Gasteiger partial charge < -0.3 is 14.8 Å². The van der Waals surface area contributed by atoms with Gasteiger partial charge in [-0.05, 0) is 35.9 Å². The van der Waals surface area contributed by atoms with E-state index < -0.39 is 0 Å². The Labute approximate surface area is 172 Å². The van der Waals surface area contributed by atoms with Crippen LogP contribution >= 0.6 is 11.3 Å². The van der Waals surface area contributed by atoms with Crippen molar-refractivity contribution in [3.63, 3.8) is 0 Å². The Hall–Kier alpha value is -3.39. The number of amides is 1. The van der Waals surface area contributed by atoms with Crippen LogP contribution < -0.4 is 14.8 Å². The molecule has 0 aliphatic heterocycles. The number of benzene rings is 1. The number of fused-ring (bicyclic) bond motifs is 1. The lowest BCUT2D eigenvalue weighted by Crippen LogP contribution is -2.24. The summed E-state index contributed by atoms with van der Waals surface area (Å²) in [6.45, 7) is 0.477. The molecule has 0 saturated heterocycles. The molecule has 3 heterocycles. The van der Waals surface area contributed by atoms with E-state index in [1.165, 1.54) is 11.3 Å². The molecule has 0 spiro atoms. The number of hydrogen-bond donors (Lipinski definition) is 1. The number of rotatable bonds is 7. The molecule has 0 atom stereocenters. The average molecular weight is 408 g/mol. The summed E-state index contributed by atoms with van der Waals surface area (Å²) in [6.07, 6.45) is 5.62. The molecule has 1 amide bonds. The lowest BCUT2D eigenvalue weighted by molar-refractivity contribution is -0.120. The molecule has 148 valence electrons. The molecule has 1 aromatic carbocycles. The first kappa shape index (κ1) is 18.9. The van der Waals surface area contributed by atoms with Crippen molar-refractivity contribution < 1.29 is 14.3 Å². The van der Waals surface area contributed by atoms with Crippen LogP contribution in [0.1, 0.15) is 11.3 Å². The summed E-state index contributed by atoms with van der Waals surface area (Å²) in [4.78, 5) is 21.9. The van der Waals surface area contributed by atoms with Crippen molar-refractivity contribution >= 4 is 22.2 Å². The number of pyridine rings is 1. The number of imidazole rings is 1. The molecule has 0 fully saturated rings. The third-order valence-electron chi connectivity index (χ3n) is 4.55. The number of carbonyl (C=O) groups excluding carboxylic acids is 1. The molecule has 0 aliphatic carbocycles. The first-order valence-electron chi connectivity index (χ1n) is 9.01. The van der Waals surface area contributed by atoms with Gasteiger partial charge in [0.15, 0.2) is 4.96 Å². The zero-order chi connectivity index (χ0) is 20.2. The zero-order valence-electron chi connectivity index (χ0n) is 16.1. The molecule has 29 heavy (non-hydrogen) atoms. The topological polar surface area (TPSA) is 77.8 Å². The van der Waals surface area contributed by atoms with Gasteiger partial charge in [-0.2, -0.15) is 0 Å². The predicted molar refractivity (Wildman–Crippen MR) is 111 cm³/mol. The number of methoxy groups -OCH3 is 2. The molecule has 0 radical (unpaired) electrons. The molecular formula is C21H20N4O3S. The zero-order valence-corrected chi connectivity index (χ0v) is 16.9. The highest BCUT2D eigenvalue weighted by Gasteiger charge is 2.15. The van der Waals surface area contributed by atoms with Gasteiger partial charge >= 0.3 is 0 Å². The number of nitrogens with zero attached hydrogens (tertiary/aromatic N) is 3. The van der Waals surface area contributed by atoms with Gasteiger partial charge in [-0.25, -0.2) is 4.98 Å². The fourth-order valence-electron chi connectivity index (χ4n) is 3.03. The average Bonchev–Trinajstić information content (AvgIpc) is 3.34. The number of aromatic nitrogens is 3. The normalized spacial score (nSPS) is 10.8. The Morgan fingerprint density at radius 3 is 2.76 bits per heavy atom. The Kier molecular flexibility index (Phi) is 5.44. The monoisotopic (exact) mass is 408 g/mol. The van der Waals surface area contributed by atoms with Crippen molar-refractivity contribution in [2.45, 2.75) is 13.0 Å². The summed E-state index contributed by atoms with van der Waals surface area (Å²) < 4.78 is 12.7. The van der Waals surface area contributed by atoms with Crippen molar-refractivity contribution in [1.82, 2.24) is 19.7 Å². The smallest absolute Gasteiger partial charge is 0.226 e. The molecule has 0 unspecified atom stereocenters. The van der Waals surface area contributed by atoms with Gasteiger partial charge in [-0.3, -0.25) is 14.2 Å². The molecule has 4 rings (SSSR count). The lowest BCUT2D eigenvalue weighted by Gasteiger charge is -2.08. The highest BCUT2D eigenvalue weighted by Crippen LogP contribution is 2.34. The van der Waals surface area contributed by atoms with Crippen molar-refractivity contribution in [2.75, 3.05) is 14.2 Å². The summed E-state index contributed by atoms with van der Waals surface area (Å²) in [6, 6.07) is 9.36. The minimum absolute atomic E-state index is 0.0456. The van der Waals surface area contributed by atoms with Crippen molar-refractivity contribution in [1.29, 1.82) is 0 Å². The summed E-state index contributed by atoms with van der Waals surface area (Å²) >= 11 is 1.50. The van der Waals surface area contributed by atoms with Crippen LogP contribution in [-0.2, 0) is 17.8 Å². The summed E-state index contributed by atoms with van der Waals surface area (Å²) in [5, 5.41) is 4.90. The minimum atomic E-state index is -0.0456. The van der Waals surface area contributed by atoms with Crippen molar-refractivity contribution in [2.24, 2.45) is 0 Å². The SMILES string of the molecule is COc1ccc(OC)c(-c2cn3c(CC(=O)NCc4ccncc4)csc3n2)c1. The standard InChI is InChI=1S/C21H20N4O3S/c1-27-16-3-4-19(28-2)17(10-16)18-12-25-15(13-29-21(25)24-18)9-20(26)23-11-14-5-7-22-8-6-14/h3-8,10,12-13H,9,11H2,1-2H3,(H,23,26). The van der Waals surface area contributed by atoms with Crippen LogP contribution in [0.15, 0.2) is 54.3 Å². The van der Waals surface area contributed by atoms with E-state index in [-0.39, 0.29) is 12.3 Å². The Bertz CT molecular complexity index is 1140. The van der Waals surface area contributed by atoms with Crippen LogP contribution in [0.2, 0.25) is 0 Å². The van der Waals surface area contributed by atoms with E-state index >= 15 is 0 Å². The molecule has 7 nitrogen and oxygen atoms in total. The lowest BCUT2D eigenvalue weighted by atomic mass is 10.1. The molecule has 0 saturated carbocycles. The summed E-state index contributed by atoms with van der Waals surface area (Å²) in [7, 11) is 3.25. The second kappa shape index (κ2) is 8.32. The van der Waals surface area contributed by atoms with Crippen molar-refractivity contribution in [3.8, 4) is 22.8 Å². The number of thiazole rings is 1. The minimum Gasteiger partial charge on any atom is -0.497 e. The first-order chi connectivity index (χ1) is 14.2. The van der Waals surface area contributed by atoms with E-state index in [0.29, 0.717) is 12.3 Å². The Morgan fingerprint density at radius 1 is 1.17 bits per heavy atom. The van der Waals surface area contributed by atoms with Gasteiger partial charge in [0.25, 0.3) is 0 Å². The van der Waals surface area contributed by atoms with Gasteiger partial charge in [0.05, 0.1) is 26.3 Å². The second-order valence-electron chi connectivity index (χ2n) is 6.38. The molecular weight excluding hydrogens is 388 g/mol. The van der Waals surface area contributed by atoms with Crippen LogP contribution in [-0.4, -0.2) is 34.5 Å². The fraction of sp³-hybridized carbons (Fsp3) is 0.190. The fourth-order valence-corrected chi connectivity index (χ4v) is 3.90. The largest absolute Gasteiger partial charge is 0.497 e. The van der Waals surface area contributed by atoms with E-state index in [0.717, 1.165) is 33.2 Å². The maximum absolute atomic E-state index is 12.4. The summed E-state index contributed by atoms with van der Waals surface area (Å²) in [5.74, 6) is 1.40. The van der Waals surface area contributed by atoms with E-state index in [1.807, 2.05) is 46.3 Å². The van der Waals surface area contributed by atoms with Crippen LogP contribution in [0.5, 0.6) is 11.5 Å². The van der Waals surface area contributed by atoms with Crippen LogP contribution in [0, 0.1) is 0 Å². The van der Waals surface area contributed by atoms with Crippen LogP contribution in [0.3, 0.4) is 0 Å². The highest BCUT2D eigenvalue weighted by molar-refractivity contribution is 7.15. The summed E-state index contributed by atoms with van der Waals surface area (Å²) in [5.41, 5.74) is 3.51. The quantitative estimate of drug-likeness (QED) is 0.508. The predicted octanol–water partition coefficient (Wildman–Crippen LogP) is 3.33. The second-order valence-corrected chi connectivity index (χ2v) is 7.22. The third kappa shape index (κ3) is 4.07.